The molecular weight excluding hydrogens is 232 g/mol. The number of ether oxygens (including phenoxy) is 1. The summed E-state index contributed by atoms with van der Waals surface area (Å²) in [7, 11) is 0. The van der Waals surface area contributed by atoms with Crippen LogP contribution in [-0.4, -0.2) is 32.2 Å². The Balaban J connectivity index is 2.25. The number of H-pyrrole nitrogens is 1. The van der Waals surface area contributed by atoms with E-state index in [4.69, 9.17) is 4.74 Å². The number of hydrogen-bond acceptors (Lipinski definition) is 5. The van der Waals surface area contributed by atoms with E-state index in [1.165, 1.54) is 0 Å². The van der Waals surface area contributed by atoms with Crippen LogP contribution in [0.25, 0.3) is 11.4 Å². The molecule has 2 rings (SSSR count). The Morgan fingerprint density at radius 3 is 2.72 bits per heavy atom. The van der Waals surface area contributed by atoms with Gasteiger partial charge < -0.3 is 4.74 Å². The minimum Gasteiger partial charge on any atom is -0.456 e. The molecule has 6 heteroatoms. The van der Waals surface area contributed by atoms with Crippen LogP contribution in [0, 0.1) is 0 Å². The van der Waals surface area contributed by atoms with Crippen LogP contribution in [0.3, 0.4) is 0 Å². The number of aromatic amines is 1. The van der Waals surface area contributed by atoms with E-state index in [2.05, 4.69) is 20.6 Å². The van der Waals surface area contributed by atoms with E-state index in [1.807, 2.05) is 20.8 Å². The molecule has 0 spiro atoms. The number of carbonyl (C=O) groups excluding carboxylic acids is 1. The SMILES string of the molecule is CC(C)(C)OC(=O)c1cccc(-c2nn[nH]n2)c1. The van der Waals surface area contributed by atoms with E-state index >= 15 is 0 Å². The highest BCUT2D eigenvalue weighted by molar-refractivity contribution is 5.91. The second-order valence-corrected chi connectivity index (χ2v) is 4.82. The number of tetrazole rings is 1. The zero-order chi connectivity index (χ0) is 13.2. The molecule has 0 radical (unpaired) electrons. The molecule has 0 aliphatic heterocycles. The zero-order valence-electron chi connectivity index (χ0n) is 10.5. The van der Waals surface area contributed by atoms with Crippen molar-refractivity contribution in [3.63, 3.8) is 0 Å². The van der Waals surface area contributed by atoms with Crippen molar-refractivity contribution < 1.29 is 9.53 Å². The first-order valence-electron chi connectivity index (χ1n) is 5.53. The first kappa shape index (κ1) is 12.2. The number of aromatic nitrogens is 4. The second-order valence-electron chi connectivity index (χ2n) is 4.82. The number of carbonyl (C=O) groups is 1. The minimum absolute atomic E-state index is 0.368. The summed E-state index contributed by atoms with van der Waals surface area (Å²) in [5, 5.41) is 13.6. The van der Waals surface area contributed by atoms with Gasteiger partial charge in [-0.25, -0.2) is 4.79 Å². The highest BCUT2D eigenvalue weighted by Gasteiger charge is 2.18. The summed E-state index contributed by atoms with van der Waals surface area (Å²) in [4.78, 5) is 11.9. The lowest BCUT2D eigenvalue weighted by Gasteiger charge is -2.19. The monoisotopic (exact) mass is 246 g/mol. The summed E-state index contributed by atoms with van der Waals surface area (Å²) in [6.07, 6.45) is 0. The molecule has 0 atom stereocenters. The van der Waals surface area contributed by atoms with Crippen molar-refractivity contribution in [1.29, 1.82) is 0 Å². The molecule has 0 aliphatic rings. The van der Waals surface area contributed by atoms with Gasteiger partial charge in [0, 0.05) is 5.56 Å². The number of benzene rings is 1. The fourth-order valence-corrected chi connectivity index (χ4v) is 1.41. The van der Waals surface area contributed by atoms with Gasteiger partial charge in [-0.1, -0.05) is 12.1 Å². The Labute approximate surface area is 104 Å². The fraction of sp³-hybridized carbons (Fsp3) is 0.333. The van der Waals surface area contributed by atoms with Crippen LogP contribution in [0.4, 0.5) is 0 Å². The summed E-state index contributed by atoms with van der Waals surface area (Å²) < 4.78 is 5.29. The van der Waals surface area contributed by atoms with Crippen molar-refractivity contribution in [3.05, 3.63) is 29.8 Å². The van der Waals surface area contributed by atoms with Gasteiger partial charge in [0.15, 0.2) is 0 Å². The lowest BCUT2D eigenvalue weighted by Crippen LogP contribution is -2.23. The molecule has 94 valence electrons. The standard InChI is InChI=1S/C12H14N4O2/c1-12(2,3)18-11(17)9-6-4-5-8(7-9)10-13-15-16-14-10/h4-7H,1-3H3,(H,13,14,15,16). The van der Waals surface area contributed by atoms with Crippen LogP contribution in [0.2, 0.25) is 0 Å². The van der Waals surface area contributed by atoms with Gasteiger partial charge in [0.05, 0.1) is 5.56 Å². The largest absolute Gasteiger partial charge is 0.456 e. The molecule has 1 heterocycles. The van der Waals surface area contributed by atoms with Crippen LogP contribution < -0.4 is 0 Å². The molecule has 1 aromatic heterocycles. The lowest BCUT2D eigenvalue weighted by molar-refractivity contribution is 0.00696. The maximum atomic E-state index is 11.9. The zero-order valence-corrected chi connectivity index (χ0v) is 10.5. The number of esters is 1. The smallest absolute Gasteiger partial charge is 0.338 e. The number of rotatable bonds is 2. The quantitative estimate of drug-likeness (QED) is 0.817. The lowest BCUT2D eigenvalue weighted by atomic mass is 10.1. The van der Waals surface area contributed by atoms with Crippen LogP contribution in [0.5, 0.6) is 0 Å². The molecule has 0 amide bonds. The van der Waals surface area contributed by atoms with Gasteiger partial charge in [0.2, 0.25) is 5.82 Å². The summed E-state index contributed by atoms with van der Waals surface area (Å²) in [6, 6.07) is 6.93. The van der Waals surface area contributed by atoms with Gasteiger partial charge >= 0.3 is 5.97 Å². The van der Waals surface area contributed by atoms with Crippen LogP contribution in [0.15, 0.2) is 24.3 Å². The van der Waals surface area contributed by atoms with Crippen molar-refractivity contribution in [2.75, 3.05) is 0 Å². The van der Waals surface area contributed by atoms with E-state index < -0.39 is 5.60 Å². The highest BCUT2D eigenvalue weighted by atomic mass is 16.6. The molecule has 6 nitrogen and oxygen atoms in total. The molecule has 0 saturated carbocycles. The Kier molecular flexibility index (Phi) is 3.10. The molecule has 0 saturated heterocycles. The maximum absolute atomic E-state index is 11.9. The van der Waals surface area contributed by atoms with Gasteiger partial charge in [-0.2, -0.15) is 5.21 Å². The highest BCUT2D eigenvalue weighted by Crippen LogP contribution is 2.17. The van der Waals surface area contributed by atoms with Crippen molar-refractivity contribution in [2.24, 2.45) is 0 Å². The van der Waals surface area contributed by atoms with Crippen molar-refractivity contribution in [1.82, 2.24) is 20.6 Å². The third kappa shape index (κ3) is 2.91. The first-order chi connectivity index (χ1) is 8.46. The van der Waals surface area contributed by atoms with E-state index in [9.17, 15) is 4.79 Å². The molecule has 2 aromatic rings. The molecule has 18 heavy (non-hydrogen) atoms. The second kappa shape index (κ2) is 4.56. The summed E-state index contributed by atoms with van der Waals surface area (Å²) >= 11 is 0. The predicted octanol–water partition coefficient (Wildman–Crippen LogP) is 1.82. The molecule has 0 unspecified atom stereocenters. The summed E-state index contributed by atoms with van der Waals surface area (Å²) in [5.41, 5.74) is 0.665. The van der Waals surface area contributed by atoms with Crippen LogP contribution in [-0.2, 0) is 4.74 Å². The van der Waals surface area contributed by atoms with Gasteiger partial charge in [-0.05, 0) is 38.1 Å². The fourth-order valence-electron chi connectivity index (χ4n) is 1.41. The molecule has 0 aliphatic carbocycles. The molecule has 1 aromatic carbocycles. The Hall–Kier alpha value is -2.24. The molecule has 0 bridgehead atoms. The minimum atomic E-state index is -0.515. The number of nitrogens with zero attached hydrogens (tertiary/aromatic N) is 3. The van der Waals surface area contributed by atoms with Crippen molar-refractivity contribution >= 4 is 5.97 Å². The number of nitrogens with one attached hydrogen (secondary N) is 1. The van der Waals surface area contributed by atoms with E-state index in [0.29, 0.717) is 17.0 Å². The van der Waals surface area contributed by atoms with Crippen LogP contribution in [0.1, 0.15) is 31.1 Å². The van der Waals surface area contributed by atoms with E-state index in [0.717, 1.165) is 0 Å². The van der Waals surface area contributed by atoms with Crippen LogP contribution >= 0.6 is 0 Å². The summed E-state index contributed by atoms with van der Waals surface area (Å²) in [6.45, 7) is 5.48. The van der Waals surface area contributed by atoms with Gasteiger partial charge in [-0.15, -0.1) is 10.2 Å². The maximum Gasteiger partial charge on any atom is 0.338 e. The number of hydrogen-bond donors (Lipinski definition) is 1. The topological polar surface area (TPSA) is 80.8 Å². The van der Waals surface area contributed by atoms with E-state index in [-0.39, 0.29) is 5.97 Å². The molecular formula is C12H14N4O2. The Morgan fingerprint density at radius 2 is 2.11 bits per heavy atom. The van der Waals surface area contributed by atoms with Gasteiger partial charge in [-0.3, -0.25) is 0 Å². The first-order valence-corrected chi connectivity index (χ1v) is 5.53. The van der Waals surface area contributed by atoms with Gasteiger partial charge in [0.1, 0.15) is 5.60 Å². The third-order valence-electron chi connectivity index (χ3n) is 2.10. The average molecular weight is 246 g/mol. The van der Waals surface area contributed by atoms with E-state index in [1.54, 1.807) is 24.3 Å². The predicted molar refractivity (Wildman–Crippen MR) is 64.8 cm³/mol. The van der Waals surface area contributed by atoms with Crippen molar-refractivity contribution in [2.45, 2.75) is 26.4 Å². The average Bonchev–Trinajstić information content (AvgIpc) is 2.80. The Bertz CT molecular complexity index is 543. The van der Waals surface area contributed by atoms with Gasteiger partial charge in [0.25, 0.3) is 0 Å². The third-order valence-corrected chi connectivity index (χ3v) is 2.10. The molecule has 1 N–H and O–H groups in total. The van der Waals surface area contributed by atoms with Crippen molar-refractivity contribution in [3.8, 4) is 11.4 Å². The summed E-state index contributed by atoms with van der Waals surface area (Å²) in [5.74, 6) is 0.0771. The normalized spacial score (nSPS) is 11.3. The Morgan fingerprint density at radius 1 is 1.33 bits per heavy atom. The molecule has 0 fully saturated rings.